The molecule has 1 aliphatic carbocycles. The average molecular weight is 498 g/mol. The number of primary amides is 1. The molecule has 0 radical (unpaired) electrons. The van der Waals surface area contributed by atoms with Crippen molar-refractivity contribution in [3.63, 3.8) is 0 Å². The van der Waals surface area contributed by atoms with Crippen molar-refractivity contribution in [1.82, 2.24) is 14.8 Å². The van der Waals surface area contributed by atoms with Crippen molar-refractivity contribution >= 4 is 39.9 Å². The minimum absolute atomic E-state index is 0.168. The van der Waals surface area contributed by atoms with Crippen LogP contribution in [0.3, 0.4) is 0 Å². The number of anilines is 1. The van der Waals surface area contributed by atoms with Crippen LogP contribution in [-0.2, 0) is 24.2 Å². The molecule has 1 aromatic carbocycles. The summed E-state index contributed by atoms with van der Waals surface area (Å²) in [5.74, 6) is 1.33. The van der Waals surface area contributed by atoms with Gasteiger partial charge in [0.1, 0.15) is 5.00 Å². The lowest BCUT2D eigenvalue weighted by Gasteiger charge is -2.18. The van der Waals surface area contributed by atoms with Gasteiger partial charge in [-0.25, -0.2) is 0 Å². The van der Waals surface area contributed by atoms with E-state index in [1.54, 1.807) is 0 Å². The van der Waals surface area contributed by atoms with Crippen molar-refractivity contribution in [2.45, 2.75) is 64.6 Å². The molecule has 1 unspecified atom stereocenters. The van der Waals surface area contributed by atoms with Crippen LogP contribution in [0.15, 0.2) is 29.4 Å². The minimum atomic E-state index is -0.478. The second-order valence-electron chi connectivity index (χ2n) is 9.08. The molecule has 2 aromatic heterocycles. The van der Waals surface area contributed by atoms with Gasteiger partial charge in [0, 0.05) is 17.0 Å². The predicted molar refractivity (Wildman–Crippen MR) is 139 cm³/mol. The molecule has 0 saturated carbocycles. The molecule has 0 spiro atoms. The van der Waals surface area contributed by atoms with Crippen molar-refractivity contribution in [2.24, 2.45) is 11.7 Å². The number of carbonyl (C=O) groups excluding carboxylic acids is 2. The van der Waals surface area contributed by atoms with Gasteiger partial charge in [0.25, 0.3) is 5.91 Å². The summed E-state index contributed by atoms with van der Waals surface area (Å²) < 4.78 is 2.02. The number of amides is 2. The molecular weight excluding hydrogens is 466 g/mol. The molecule has 4 rings (SSSR count). The third-order valence-corrected chi connectivity index (χ3v) is 8.35. The van der Waals surface area contributed by atoms with Gasteiger partial charge < -0.3 is 15.6 Å². The summed E-state index contributed by atoms with van der Waals surface area (Å²) in [4.78, 5) is 26.1. The van der Waals surface area contributed by atoms with Crippen LogP contribution in [0.4, 0.5) is 5.00 Å². The van der Waals surface area contributed by atoms with Crippen LogP contribution in [0.2, 0.25) is 0 Å². The van der Waals surface area contributed by atoms with Gasteiger partial charge in [-0.1, -0.05) is 56.8 Å². The fourth-order valence-electron chi connectivity index (χ4n) is 4.30. The van der Waals surface area contributed by atoms with Gasteiger partial charge in [-0.05, 0) is 49.1 Å². The number of carbonyl (C=O) groups is 2. The number of rotatable bonds is 8. The summed E-state index contributed by atoms with van der Waals surface area (Å²) in [5.41, 5.74) is 9.44. The molecule has 0 fully saturated rings. The van der Waals surface area contributed by atoms with E-state index in [1.165, 1.54) is 28.7 Å². The number of hydrogen-bond donors (Lipinski definition) is 2. The average Bonchev–Trinajstić information content (AvgIpc) is 3.37. The molecule has 180 valence electrons. The van der Waals surface area contributed by atoms with E-state index in [4.69, 9.17) is 5.73 Å². The fourth-order valence-corrected chi connectivity index (χ4v) is 6.54. The molecule has 0 saturated heterocycles. The van der Waals surface area contributed by atoms with Gasteiger partial charge in [0.05, 0.1) is 11.3 Å². The first-order chi connectivity index (χ1) is 16.3. The number of thioether (sulfide) groups is 1. The van der Waals surface area contributed by atoms with Gasteiger partial charge >= 0.3 is 0 Å². The van der Waals surface area contributed by atoms with Crippen LogP contribution < -0.4 is 11.1 Å². The second kappa shape index (κ2) is 10.3. The molecule has 9 heteroatoms. The Morgan fingerprint density at radius 2 is 2.00 bits per heavy atom. The van der Waals surface area contributed by atoms with E-state index in [1.807, 2.05) is 11.5 Å². The quantitative estimate of drug-likeness (QED) is 0.421. The summed E-state index contributed by atoms with van der Waals surface area (Å²) in [6, 6.07) is 8.37. The van der Waals surface area contributed by atoms with Crippen LogP contribution in [0.1, 0.15) is 66.4 Å². The normalized spacial score (nSPS) is 15.4. The SMILES string of the molecule is CCn1c(SCC(=O)Nc2sc3c(c2C(N)=O)CCC(C)C3)nnc1-c1ccc(C(C)C)cc1. The Kier molecular flexibility index (Phi) is 7.42. The van der Waals surface area contributed by atoms with Gasteiger partial charge in [-0.15, -0.1) is 21.5 Å². The van der Waals surface area contributed by atoms with Crippen LogP contribution in [0.25, 0.3) is 11.4 Å². The Morgan fingerprint density at radius 3 is 2.65 bits per heavy atom. The Hall–Kier alpha value is -2.65. The molecule has 1 aliphatic rings. The van der Waals surface area contributed by atoms with Gasteiger partial charge in [0.15, 0.2) is 11.0 Å². The van der Waals surface area contributed by atoms with Crippen LogP contribution in [-0.4, -0.2) is 32.3 Å². The van der Waals surface area contributed by atoms with Crippen molar-refractivity contribution in [3.8, 4) is 11.4 Å². The third kappa shape index (κ3) is 5.05. The van der Waals surface area contributed by atoms with E-state index < -0.39 is 5.91 Å². The molecule has 2 amide bonds. The van der Waals surface area contributed by atoms with Crippen LogP contribution in [0.5, 0.6) is 0 Å². The van der Waals surface area contributed by atoms with E-state index >= 15 is 0 Å². The lowest BCUT2D eigenvalue weighted by molar-refractivity contribution is -0.113. The zero-order valence-electron chi connectivity index (χ0n) is 20.1. The van der Waals surface area contributed by atoms with Crippen LogP contribution in [0, 0.1) is 5.92 Å². The molecule has 3 N–H and O–H groups in total. The van der Waals surface area contributed by atoms with Crippen molar-refractivity contribution in [3.05, 3.63) is 45.8 Å². The standard InChI is InChI=1S/C25H31N5O2S2/c1-5-30-23(17-9-7-16(8-10-17)14(2)3)28-29-25(30)33-13-20(31)27-24-21(22(26)32)18-11-6-15(4)12-19(18)34-24/h7-10,14-15H,5-6,11-13H2,1-4H3,(H2,26,32)(H,27,31). The first-order valence-corrected chi connectivity index (χ1v) is 13.5. The predicted octanol–water partition coefficient (Wildman–Crippen LogP) is 5.10. The smallest absolute Gasteiger partial charge is 0.251 e. The van der Waals surface area contributed by atoms with E-state index in [0.29, 0.717) is 34.1 Å². The first-order valence-electron chi connectivity index (χ1n) is 11.7. The number of fused-ring (bicyclic) bond motifs is 1. The summed E-state index contributed by atoms with van der Waals surface area (Å²) in [6.45, 7) is 9.28. The summed E-state index contributed by atoms with van der Waals surface area (Å²) in [7, 11) is 0. The van der Waals surface area contributed by atoms with E-state index in [9.17, 15) is 9.59 Å². The topological polar surface area (TPSA) is 103 Å². The Balaban J connectivity index is 1.46. The Labute approximate surface area is 208 Å². The molecular formula is C25H31N5O2S2. The number of benzene rings is 1. The summed E-state index contributed by atoms with van der Waals surface area (Å²) >= 11 is 2.82. The third-order valence-electron chi connectivity index (χ3n) is 6.21. The minimum Gasteiger partial charge on any atom is -0.365 e. The van der Waals surface area contributed by atoms with Crippen LogP contribution >= 0.6 is 23.1 Å². The second-order valence-corrected chi connectivity index (χ2v) is 11.1. The number of nitrogens with two attached hydrogens (primary N) is 1. The maximum Gasteiger partial charge on any atom is 0.251 e. The van der Waals surface area contributed by atoms with E-state index in [2.05, 4.69) is 60.6 Å². The van der Waals surface area contributed by atoms with Gasteiger partial charge in [-0.3, -0.25) is 9.59 Å². The largest absolute Gasteiger partial charge is 0.365 e. The maximum atomic E-state index is 12.8. The van der Waals surface area contributed by atoms with Crippen molar-refractivity contribution < 1.29 is 9.59 Å². The van der Waals surface area contributed by atoms with Crippen molar-refractivity contribution in [2.75, 3.05) is 11.1 Å². The highest BCUT2D eigenvalue weighted by molar-refractivity contribution is 7.99. The number of nitrogens with zero attached hydrogens (tertiary/aromatic N) is 3. The number of hydrogen-bond acceptors (Lipinski definition) is 6. The van der Waals surface area contributed by atoms with Gasteiger partial charge in [-0.2, -0.15) is 0 Å². The molecule has 7 nitrogen and oxygen atoms in total. The monoisotopic (exact) mass is 497 g/mol. The first kappa shape index (κ1) is 24.5. The van der Waals surface area contributed by atoms with E-state index in [-0.39, 0.29) is 11.7 Å². The summed E-state index contributed by atoms with van der Waals surface area (Å²) in [5, 5.41) is 12.9. The molecule has 1 atom stereocenters. The zero-order valence-corrected chi connectivity index (χ0v) is 21.7. The zero-order chi connectivity index (χ0) is 24.4. The number of aromatic nitrogens is 3. The van der Waals surface area contributed by atoms with E-state index in [0.717, 1.165) is 41.1 Å². The van der Waals surface area contributed by atoms with Crippen molar-refractivity contribution in [1.29, 1.82) is 0 Å². The Morgan fingerprint density at radius 1 is 1.26 bits per heavy atom. The number of nitrogens with one attached hydrogen (secondary N) is 1. The summed E-state index contributed by atoms with van der Waals surface area (Å²) in [6.07, 6.45) is 2.78. The Bertz CT molecular complexity index is 1200. The lowest BCUT2D eigenvalue weighted by Crippen LogP contribution is -2.20. The highest BCUT2D eigenvalue weighted by Gasteiger charge is 2.27. The number of thiophene rings is 1. The van der Waals surface area contributed by atoms with Gasteiger partial charge in [0.2, 0.25) is 5.91 Å². The fraction of sp³-hybridized carbons (Fsp3) is 0.440. The highest BCUT2D eigenvalue weighted by atomic mass is 32.2. The molecule has 2 heterocycles. The molecule has 3 aromatic rings. The highest BCUT2D eigenvalue weighted by Crippen LogP contribution is 2.39. The molecule has 0 bridgehead atoms. The molecule has 0 aliphatic heterocycles. The molecule has 34 heavy (non-hydrogen) atoms. The lowest BCUT2D eigenvalue weighted by atomic mass is 9.88. The maximum absolute atomic E-state index is 12.8.